The summed E-state index contributed by atoms with van der Waals surface area (Å²) in [6.07, 6.45) is -4.96. The summed E-state index contributed by atoms with van der Waals surface area (Å²) in [6.45, 7) is 12.5. The number of ether oxygens (including phenoxy) is 6. The molecule has 386 valence electrons. The van der Waals surface area contributed by atoms with Crippen molar-refractivity contribution in [1.82, 2.24) is 0 Å². The Labute approximate surface area is 427 Å². The van der Waals surface area contributed by atoms with Crippen molar-refractivity contribution in [3.8, 4) is 23.0 Å². The van der Waals surface area contributed by atoms with E-state index < -0.39 is 29.4 Å². The van der Waals surface area contributed by atoms with Crippen LogP contribution >= 0.6 is 24.4 Å². The summed E-state index contributed by atoms with van der Waals surface area (Å²) >= 11 is 5.89. The molecule has 0 aliphatic carbocycles. The van der Waals surface area contributed by atoms with Crippen molar-refractivity contribution in [2.75, 3.05) is 26.4 Å². The lowest BCUT2D eigenvalue weighted by Gasteiger charge is -2.14. The molecule has 0 radical (unpaired) electrons. The van der Waals surface area contributed by atoms with Crippen LogP contribution < -0.4 is 18.9 Å². The molecule has 0 saturated carbocycles. The maximum atomic E-state index is 12.7. The highest BCUT2D eigenvalue weighted by Gasteiger charge is 2.30. The van der Waals surface area contributed by atoms with Gasteiger partial charge in [0, 0.05) is 14.7 Å². The number of thiol groups is 1. The zero-order chi connectivity index (χ0) is 52.7. The van der Waals surface area contributed by atoms with E-state index in [0.717, 1.165) is 98.4 Å². The monoisotopic (exact) mass is 1040 g/mol. The quantitative estimate of drug-likeness (QED) is 0.0456. The summed E-state index contributed by atoms with van der Waals surface area (Å²) in [6, 6.07) is 34.9. The van der Waals surface area contributed by atoms with Crippen LogP contribution in [0.25, 0.3) is 0 Å². The minimum Gasteiger partial charge on any atom is -0.489 e. The van der Waals surface area contributed by atoms with Gasteiger partial charge in [-0.05, 0) is 159 Å². The van der Waals surface area contributed by atoms with Crippen LogP contribution in [-0.4, -0.2) is 38.4 Å². The molecule has 0 saturated heterocycles. The number of hydrogen-bond donors (Lipinski definition) is 1. The highest BCUT2D eigenvalue weighted by atomic mass is 32.2. The number of esters is 2. The van der Waals surface area contributed by atoms with E-state index in [1.54, 1.807) is 25.6 Å². The zero-order valence-corrected chi connectivity index (χ0v) is 42.8. The van der Waals surface area contributed by atoms with Crippen molar-refractivity contribution in [2.24, 2.45) is 0 Å². The molecular formula is C56H60F6O8S2. The van der Waals surface area contributed by atoms with Crippen LogP contribution in [0, 0.1) is 13.8 Å². The average Bonchev–Trinajstić information content (AvgIpc) is 3.33. The third-order valence-corrected chi connectivity index (χ3v) is 11.5. The minimum atomic E-state index is -4.35. The number of alkyl halides is 6. The number of halogens is 6. The van der Waals surface area contributed by atoms with E-state index in [1.165, 1.54) is 24.3 Å². The van der Waals surface area contributed by atoms with E-state index in [0.29, 0.717) is 35.8 Å². The standard InChI is InChI=1S/C28H29F3O4S.C15H13F3O.C13H18O3S/c1-4-6-21-16-24(12-14-26(21)35-18-27(32)33-5-2)36-23-11-13-25(19(3)15-23)34-17-20-7-9-22(10-8-20)28(29,30)31;1-11-4-2-3-5-14(11)19-10-12-6-8-13(9-7-12)15(16,17)18;1-3-5-10-8-11(17)6-7-12(10)16-9-13(14)15-4-2/h7-16H,4-6,17-18H2,1-3H3;2-9H,10H2,1H3;6-8,17H,3-5,9H2,1-2H3. The first-order valence-electron chi connectivity index (χ1n) is 23.3. The van der Waals surface area contributed by atoms with Crippen LogP contribution in [0.2, 0.25) is 0 Å². The summed E-state index contributed by atoms with van der Waals surface area (Å²) in [5, 5.41) is 0. The molecule has 0 spiro atoms. The van der Waals surface area contributed by atoms with Crippen molar-refractivity contribution in [1.29, 1.82) is 0 Å². The lowest BCUT2D eigenvalue weighted by atomic mass is 10.1. The van der Waals surface area contributed by atoms with Crippen molar-refractivity contribution in [2.45, 2.75) is 107 Å². The lowest BCUT2D eigenvalue weighted by molar-refractivity contribution is -0.146. The van der Waals surface area contributed by atoms with Crippen molar-refractivity contribution >= 4 is 36.3 Å². The van der Waals surface area contributed by atoms with E-state index in [-0.39, 0.29) is 32.4 Å². The maximum absolute atomic E-state index is 12.7. The van der Waals surface area contributed by atoms with Gasteiger partial charge in [0.25, 0.3) is 0 Å². The second-order valence-corrected chi connectivity index (χ2v) is 17.7. The van der Waals surface area contributed by atoms with Gasteiger partial charge in [0.2, 0.25) is 0 Å². The van der Waals surface area contributed by atoms with Gasteiger partial charge in [-0.1, -0.05) is 80.9 Å². The molecule has 0 fully saturated rings. The number of carbonyl (C=O) groups is 2. The third kappa shape index (κ3) is 20.1. The SMILES string of the molecule is CCCc1cc(S)ccc1OCC(=O)OCC.CCCc1cc(Sc2ccc(OCc3ccc(C(F)(F)F)cc3)c(C)c2)ccc1OCC(=O)OCC.Cc1ccccc1OCc1ccc(C(F)(F)F)cc1. The molecule has 0 atom stereocenters. The van der Waals surface area contributed by atoms with E-state index in [9.17, 15) is 35.9 Å². The second-order valence-electron chi connectivity index (χ2n) is 16.0. The van der Waals surface area contributed by atoms with Crippen molar-refractivity contribution in [3.05, 3.63) is 172 Å². The van der Waals surface area contributed by atoms with Crippen LogP contribution in [0.1, 0.15) is 85.0 Å². The largest absolute Gasteiger partial charge is 0.489 e. The molecular weight excluding hydrogens is 979 g/mol. The molecule has 0 N–H and O–H groups in total. The highest BCUT2D eigenvalue weighted by Crippen LogP contribution is 2.35. The topological polar surface area (TPSA) is 89.5 Å². The molecule has 0 aliphatic rings. The first-order valence-corrected chi connectivity index (χ1v) is 24.5. The van der Waals surface area contributed by atoms with Crippen LogP contribution in [0.4, 0.5) is 26.3 Å². The normalized spacial score (nSPS) is 11.0. The fourth-order valence-corrected chi connectivity index (χ4v) is 7.89. The van der Waals surface area contributed by atoms with Crippen molar-refractivity contribution in [3.63, 3.8) is 0 Å². The van der Waals surface area contributed by atoms with Crippen LogP contribution in [0.5, 0.6) is 23.0 Å². The zero-order valence-electron chi connectivity index (χ0n) is 41.1. The Morgan fingerprint density at radius 3 is 1.38 bits per heavy atom. The molecule has 6 aromatic carbocycles. The van der Waals surface area contributed by atoms with Gasteiger partial charge >= 0.3 is 24.3 Å². The van der Waals surface area contributed by atoms with Gasteiger partial charge in [0.15, 0.2) is 13.2 Å². The summed E-state index contributed by atoms with van der Waals surface area (Å²) in [5.74, 6) is 2.09. The third-order valence-electron chi connectivity index (χ3n) is 10.2. The number of para-hydroxylation sites is 1. The van der Waals surface area contributed by atoms with E-state index >= 15 is 0 Å². The first kappa shape index (κ1) is 58.3. The Morgan fingerprint density at radius 2 is 0.931 bits per heavy atom. The molecule has 6 rings (SSSR count). The van der Waals surface area contributed by atoms with Crippen molar-refractivity contribution < 1.29 is 64.4 Å². The predicted molar refractivity (Wildman–Crippen MR) is 270 cm³/mol. The Kier molecular flexibility index (Phi) is 23.7. The molecule has 0 heterocycles. The summed E-state index contributed by atoms with van der Waals surface area (Å²) in [7, 11) is 0. The summed E-state index contributed by atoms with van der Waals surface area (Å²) in [4.78, 5) is 25.8. The van der Waals surface area contributed by atoms with Gasteiger partial charge in [-0.3, -0.25) is 0 Å². The summed E-state index contributed by atoms with van der Waals surface area (Å²) in [5.41, 5.74) is 4.07. The van der Waals surface area contributed by atoms with Crippen LogP contribution in [-0.2, 0) is 57.5 Å². The molecule has 16 heteroatoms. The molecule has 8 nitrogen and oxygen atoms in total. The van der Waals surface area contributed by atoms with Gasteiger partial charge in [0.05, 0.1) is 24.3 Å². The molecule has 0 amide bonds. The predicted octanol–water partition coefficient (Wildman–Crippen LogP) is 15.1. The van der Waals surface area contributed by atoms with E-state index in [1.807, 2.05) is 86.6 Å². The van der Waals surface area contributed by atoms with E-state index in [2.05, 4.69) is 32.5 Å². The smallest absolute Gasteiger partial charge is 0.416 e. The van der Waals surface area contributed by atoms with E-state index in [4.69, 9.17) is 28.4 Å². The molecule has 0 aliphatic heterocycles. The Morgan fingerprint density at radius 1 is 0.500 bits per heavy atom. The lowest BCUT2D eigenvalue weighted by Crippen LogP contribution is -2.15. The van der Waals surface area contributed by atoms with Gasteiger partial charge in [-0.2, -0.15) is 26.3 Å². The molecule has 0 unspecified atom stereocenters. The average molecular weight is 1040 g/mol. The van der Waals surface area contributed by atoms with Crippen LogP contribution in [0.3, 0.4) is 0 Å². The first-order chi connectivity index (χ1) is 34.3. The van der Waals surface area contributed by atoms with Gasteiger partial charge in [0.1, 0.15) is 36.2 Å². The maximum Gasteiger partial charge on any atom is 0.416 e. The fraction of sp³-hybridized carbons (Fsp3) is 0.321. The summed E-state index contributed by atoms with van der Waals surface area (Å²) < 4.78 is 108. The number of benzene rings is 6. The van der Waals surface area contributed by atoms with Crippen LogP contribution in [0.15, 0.2) is 142 Å². The Bertz CT molecular complexity index is 2620. The fourth-order valence-electron chi connectivity index (χ4n) is 6.68. The molecule has 0 bridgehead atoms. The minimum absolute atomic E-state index is 0.0452. The Balaban J connectivity index is 0.000000261. The Hall–Kier alpha value is -6.26. The number of carbonyl (C=O) groups excluding carboxylic acids is 2. The second kappa shape index (κ2) is 29.3. The number of aryl methyl sites for hydroxylation is 4. The highest BCUT2D eigenvalue weighted by molar-refractivity contribution is 7.99. The molecule has 6 aromatic rings. The molecule has 0 aromatic heterocycles. The van der Waals surface area contributed by atoms with Gasteiger partial charge in [-0.15, -0.1) is 12.6 Å². The number of hydrogen-bond acceptors (Lipinski definition) is 10. The number of rotatable bonds is 20. The molecule has 72 heavy (non-hydrogen) atoms. The van der Waals surface area contributed by atoms with Gasteiger partial charge in [-0.25, -0.2) is 9.59 Å². The van der Waals surface area contributed by atoms with Gasteiger partial charge < -0.3 is 28.4 Å².